The molecule has 4 aromatic rings. The molecule has 0 radical (unpaired) electrons. The van der Waals surface area contributed by atoms with Gasteiger partial charge in [-0.3, -0.25) is 9.59 Å². The standard InChI is InChI=1S/C35H36N4O6/c1-25(21-26-11-5-2-6-12-26)36-35(44)45-24-39-19-17-29(18-20-39)32(40)37-30(22-27-13-7-3-8-14-27)33(41)38-31(34(42)43)23-28-15-9-4-10-16-28/h2-20,25,30-31H,21-24H2,1H3,(H3-,36,37,38,40,41,42,43,44)/p+1/t25-,30-,31-/m0/s1. The predicted molar refractivity (Wildman–Crippen MR) is 167 cm³/mol. The zero-order chi connectivity index (χ0) is 32.0. The third-order valence-corrected chi connectivity index (χ3v) is 7.05. The first kappa shape index (κ1) is 32.4. The van der Waals surface area contributed by atoms with Crippen LogP contribution in [0.4, 0.5) is 4.79 Å². The maximum absolute atomic E-state index is 13.4. The molecule has 10 heteroatoms. The van der Waals surface area contributed by atoms with Gasteiger partial charge in [0, 0.05) is 31.0 Å². The lowest BCUT2D eigenvalue weighted by molar-refractivity contribution is -0.727. The minimum absolute atomic E-state index is 0.0666. The van der Waals surface area contributed by atoms with E-state index in [1.54, 1.807) is 53.4 Å². The molecule has 0 saturated carbocycles. The summed E-state index contributed by atoms with van der Waals surface area (Å²) in [5, 5.41) is 17.9. The van der Waals surface area contributed by atoms with Crippen LogP contribution in [-0.2, 0) is 40.3 Å². The Morgan fingerprint density at radius 1 is 0.667 bits per heavy atom. The van der Waals surface area contributed by atoms with Gasteiger partial charge in [0.15, 0.2) is 12.4 Å². The Morgan fingerprint density at radius 3 is 1.67 bits per heavy atom. The zero-order valence-electron chi connectivity index (χ0n) is 25.0. The van der Waals surface area contributed by atoms with Gasteiger partial charge < -0.3 is 25.8 Å². The maximum Gasteiger partial charge on any atom is 0.412 e. The lowest BCUT2D eigenvalue weighted by Gasteiger charge is -2.22. The molecule has 0 spiro atoms. The summed E-state index contributed by atoms with van der Waals surface area (Å²) in [6.07, 6.45) is 3.53. The van der Waals surface area contributed by atoms with Crippen LogP contribution < -0.4 is 20.5 Å². The number of pyridine rings is 1. The first-order valence-corrected chi connectivity index (χ1v) is 14.6. The smallest absolute Gasteiger partial charge is 0.412 e. The SMILES string of the molecule is C[C@@H](Cc1ccccc1)NC(=O)OC[n+]1ccc(C(=O)N[C@@H](Cc2ccccc2)C(=O)N[C@@H](Cc2ccccc2)C(=O)O)cc1. The van der Waals surface area contributed by atoms with Gasteiger partial charge in [0.1, 0.15) is 12.1 Å². The Balaban J connectivity index is 1.35. The van der Waals surface area contributed by atoms with Gasteiger partial charge in [-0.2, -0.15) is 4.57 Å². The number of aliphatic carboxylic acids is 1. The number of carbonyl (C=O) groups is 4. The van der Waals surface area contributed by atoms with Gasteiger partial charge in [-0.1, -0.05) is 91.0 Å². The van der Waals surface area contributed by atoms with Crippen molar-refractivity contribution in [3.63, 3.8) is 0 Å². The molecule has 4 N–H and O–H groups in total. The second-order valence-corrected chi connectivity index (χ2v) is 10.7. The molecule has 0 bridgehead atoms. The summed E-state index contributed by atoms with van der Waals surface area (Å²) in [5.41, 5.74) is 2.94. The van der Waals surface area contributed by atoms with E-state index in [9.17, 15) is 24.3 Å². The van der Waals surface area contributed by atoms with E-state index in [0.29, 0.717) is 6.42 Å². The number of nitrogens with one attached hydrogen (secondary N) is 3. The fraction of sp³-hybridized carbons (Fsp3) is 0.229. The number of aromatic nitrogens is 1. The predicted octanol–water partition coefficient (Wildman–Crippen LogP) is 3.44. The van der Waals surface area contributed by atoms with Crippen LogP contribution in [-0.4, -0.2) is 47.1 Å². The molecule has 3 amide bonds. The molecular formula is C35H37N4O6+. The Hall–Kier alpha value is -5.51. The number of hydrogen-bond donors (Lipinski definition) is 4. The summed E-state index contributed by atoms with van der Waals surface area (Å²) in [5.74, 6) is -2.30. The summed E-state index contributed by atoms with van der Waals surface area (Å²) in [6.45, 7) is 1.83. The van der Waals surface area contributed by atoms with Crippen molar-refractivity contribution in [3.05, 3.63) is 138 Å². The molecule has 0 aliphatic carbocycles. The Morgan fingerprint density at radius 2 is 1.16 bits per heavy atom. The first-order valence-electron chi connectivity index (χ1n) is 14.6. The van der Waals surface area contributed by atoms with Crippen molar-refractivity contribution in [1.29, 1.82) is 0 Å². The second kappa shape index (κ2) is 16.4. The molecule has 1 heterocycles. The van der Waals surface area contributed by atoms with Gasteiger partial charge in [0.05, 0.1) is 5.56 Å². The van der Waals surface area contributed by atoms with Crippen LogP contribution in [0, 0.1) is 0 Å². The first-order chi connectivity index (χ1) is 21.8. The van der Waals surface area contributed by atoms with E-state index in [2.05, 4.69) is 16.0 Å². The van der Waals surface area contributed by atoms with Crippen LogP contribution in [0.5, 0.6) is 0 Å². The zero-order valence-corrected chi connectivity index (χ0v) is 25.0. The fourth-order valence-electron chi connectivity index (χ4n) is 4.71. The summed E-state index contributed by atoms with van der Waals surface area (Å²) in [4.78, 5) is 50.8. The molecule has 232 valence electrons. The van der Waals surface area contributed by atoms with Gasteiger partial charge in [-0.25, -0.2) is 9.59 Å². The van der Waals surface area contributed by atoms with Crippen LogP contribution in [0.25, 0.3) is 0 Å². The monoisotopic (exact) mass is 609 g/mol. The van der Waals surface area contributed by atoms with E-state index in [1.807, 2.05) is 73.7 Å². The number of alkyl carbamates (subject to hydrolysis) is 1. The highest BCUT2D eigenvalue weighted by Gasteiger charge is 2.27. The average Bonchev–Trinajstić information content (AvgIpc) is 3.04. The molecule has 45 heavy (non-hydrogen) atoms. The van der Waals surface area contributed by atoms with Crippen LogP contribution in [0.3, 0.4) is 0 Å². The summed E-state index contributed by atoms with van der Waals surface area (Å²) in [6, 6.07) is 28.7. The van der Waals surface area contributed by atoms with E-state index in [1.165, 1.54) is 0 Å². The molecule has 0 aliphatic heterocycles. The van der Waals surface area contributed by atoms with Crippen molar-refractivity contribution in [2.45, 2.75) is 51.0 Å². The number of nitrogens with zero attached hydrogens (tertiary/aromatic N) is 1. The molecule has 0 aliphatic rings. The third kappa shape index (κ3) is 10.6. The second-order valence-electron chi connectivity index (χ2n) is 10.7. The lowest BCUT2D eigenvalue weighted by atomic mass is 10.0. The summed E-state index contributed by atoms with van der Waals surface area (Å²) in [7, 11) is 0. The Bertz CT molecular complexity index is 1550. The minimum Gasteiger partial charge on any atom is -0.480 e. The van der Waals surface area contributed by atoms with E-state index in [4.69, 9.17) is 4.74 Å². The third-order valence-electron chi connectivity index (χ3n) is 7.05. The van der Waals surface area contributed by atoms with Crippen molar-refractivity contribution < 1.29 is 33.6 Å². The largest absolute Gasteiger partial charge is 0.480 e. The van der Waals surface area contributed by atoms with E-state index < -0.39 is 36.0 Å². The molecule has 0 fully saturated rings. The van der Waals surface area contributed by atoms with Gasteiger partial charge in [0.2, 0.25) is 5.91 Å². The number of carboxylic acids is 1. The molecule has 3 aromatic carbocycles. The number of benzene rings is 3. The van der Waals surface area contributed by atoms with Crippen molar-refractivity contribution in [1.82, 2.24) is 16.0 Å². The molecule has 0 unspecified atom stereocenters. The van der Waals surface area contributed by atoms with E-state index in [-0.39, 0.29) is 31.2 Å². The maximum atomic E-state index is 13.4. The number of rotatable bonds is 14. The molecule has 3 atom stereocenters. The van der Waals surface area contributed by atoms with Crippen molar-refractivity contribution in [2.24, 2.45) is 0 Å². The van der Waals surface area contributed by atoms with Crippen molar-refractivity contribution >= 4 is 23.9 Å². The number of ether oxygens (including phenoxy) is 1. The van der Waals surface area contributed by atoms with Crippen LogP contribution in [0.2, 0.25) is 0 Å². The molecular weight excluding hydrogens is 572 g/mol. The highest BCUT2D eigenvalue weighted by Crippen LogP contribution is 2.08. The van der Waals surface area contributed by atoms with Crippen molar-refractivity contribution in [2.75, 3.05) is 0 Å². The molecule has 1 aromatic heterocycles. The average molecular weight is 610 g/mol. The topological polar surface area (TPSA) is 138 Å². The lowest BCUT2D eigenvalue weighted by Crippen LogP contribution is -2.53. The van der Waals surface area contributed by atoms with Crippen LogP contribution >= 0.6 is 0 Å². The fourth-order valence-corrected chi connectivity index (χ4v) is 4.71. The highest BCUT2D eigenvalue weighted by atomic mass is 16.6. The summed E-state index contributed by atoms with van der Waals surface area (Å²) >= 11 is 0. The Labute approximate surface area is 262 Å². The van der Waals surface area contributed by atoms with E-state index >= 15 is 0 Å². The van der Waals surface area contributed by atoms with Gasteiger partial charge >= 0.3 is 12.1 Å². The number of amides is 3. The van der Waals surface area contributed by atoms with Gasteiger partial charge in [-0.15, -0.1) is 0 Å². The van der Waals surface area contributed by atoms with Crippen LogP contribution in [0.1, 0.15) is 34.0 Å². The molecule has 4 rings (SSSR count). The molecule has 10 nitrogen and oxygen atoms in total. The number of carbonyl (C=O) groups excluding carboxylic acids is 3. The van der Waals surface area contributed by atoms with Gasteiger partial charge in [0.25, 0.3) is 12.6 Å². The Kier molecular flexibility index (Phi) is 11.8. The summed E-state index contributed by atoms with van der Waals surface area (Å²) < 4.78 is 6.90. The highest BCUT2D eigenvalue weighted by molar-refractivity contribution is 5.98. The number of hydrogen-bond acceptors (Lipinski definition) is 5. The van der Waals surface area contributed by atoms with Crippen LogP contribution in [0.15, 0.2) is 116 Å². The molecule has 0 saturated heterocycles. The van der Waals surface area contributed by atoms with E-state index in [0.717, 1.165) is 16.7 Å². The van der Waals surface area contributed by atoms with Gasteiger partial charge in [-0.05, 0) is 30.0 Å². The normalized spacial score (nSPS) is 12.6. The van der Waals surface area contributed by atoms with Crippen molar-refractivity contribution in [3.8, 4) is 0 Å². The number of carboxylic acid groups (broad SMARTS) is 1. The minimum atomic E-state index is -1.18. The quantitative estimate of drug-likeness (QED) is 0.162.